The minimum Gasteiger partial charge on any atom is -0.497 e. The third kappa shape index (κ3) is 4.89. The fourth-order valence-electron chi connectivity index (χ4n) is 1.67. The summed E-state index contributed by atoms with van der Waals surface area (Å²) in [4.78, 5) is 23.0. The molecule has 1 atom stereocenters. The van der Waals surface area contributed by atoms with Gasteiger partial charge in [0.2, 0.25) is 0 Å². The molecule has 0 saturated carbocycles. The highest BCUT2D eigenvalue weighted by atomic mass is 16.5. The summed E-state index contributed by atoms with van der Waals surface area (Å²) in [6, 6.07) is 5.55. The number of carbonyl (C=O) groups excluding carboxylic acids is 1. The Morgan fingerprint density at radius 1 is 1.25 bits per heavy atom. The first-order valence-electron chi connectivity index (χ1n) is 6.25. The van der Waals surface area contributed by atoms with Gasteiger partial charge in [-0.2, -0.15) is 0 Å². The summed E-state index contributed by atoms with van der Waals surface area (Å²) in [5.74, 6) is -0.836. The monoisotopic (exact) mass is 281 g/mol. The Morgan fingerprint density at radius 3 is 2.40 bits per heavy atom. The Morgan fingerprint density at radius 2 is 1.90 bits per heavy atom. The van der Waals surface area contributed by atoms with E-state index in [4.69, 9.17) is 14.6 Å². The highest BCUT2D eigenvalue weighted by Crippen LogP contribution is 2.11. The van der Waals surface area contributed by atoms with Crippen LogP contribution in [0.1, 0.15) is 23.2 Å². The van der Waals surface area contributed by atoms with Gasteiger partial charge in [-0.15, -0.1) is 0 Å². The van der Waals surface area contributed by atoms with E-state index in [-0.39, 0.29) is 0 Å². The summed E-state index contributed by atoms with van der Waals surface area (Å²) >= 11 is 0. The van der Waals surface area contributed by atoms with E-state index in [0.29, 0.717) is 30.8 Å². The van der Waals surface area contributed by atoms with Crippen molar-refractivity contribution in [1.29, 1.82) is 0 Å². The van der Waals surface area contributed by atoms with Crippen molar-refractivity contribution >= 4 is 11.9 Å². The zero-order valence-electron chi connectivity index (χ0n) is 11.6. The smallest absolute Gasteiger partial charge is 0.326 e. The highest BCUT2D eigenvalue weighted by molar-refractivity contribution is 5.96. The van der Waals surface area contributed by atoms with Gasteiger partial charge >= 0.3 is 5.97 Å². The molecule has 0 bridgehead atoms. The van der Waals surface area contributed by atoms with E-state index < -0.39 is 17.9 Å². The quantitative estimate of drug-likeness (QED) is 0.702. The fourth-order valence-corrected chi connectivity index (χ4v) is 1.67. The number of hydrogen-bond donors (Lipinski definition) is 2. The number of nitrogens with one attached hydrogen (secondary N) is 1. The SMILES string of the molecule is COCCCC(NC(=O)c1ccc(OC)cc1)C(=O)O. The molecule has 6 nitrogen and oxygen atoms in total. The molecule has 110 valence electrons. The summed E-state index contributed by atoms with van der Waals surface area (Å²) in [5.41, 5.74) is 0.392. The van der Waals surface area contributed by atoms with Gasteiger partial charge in [0.1, 0.15) is 11.8 Å². The van der Waals surface area contributed by atoms with Crippen molar-refractivity contribution in [2.75, 3.05) is 20.8 Å². The van der Waals surface area contributed by atoms with E-state index in [2.05, 4.69) is 5.32 Å². The van der Waals surface area contributed by atoms with Crippen molar-refractivity contribution in [2.45, 2.75) is 18.9 Å². The Hall–Kier alpha value is -2.08. The van der Waals surface area contributed by atoms with E-state index in [1.165, 1.54) is 7.11 Å². The van der Waals surface area contributed by atoms with Crippen molar-refractivity contribution in [2.24, 2.45) is 0 Å². The van der Waals surface area contributed by atoms with Crippen LogP contribution in [-0.4, -0.2) is 43.9 Å². The van der Waals surface area contributed by atoms with E-state index in [1.54, 1.807) is 31.4 Å². The van der Waals surface area contributed by atoms with Crippen molar-refractivity contribution in [3.8, 4) is 5.75 Å². The van der Waals surface area contributed by atoms with Crippen molar-refractivity contribution in [3.05, 3.63) is 29.8 Å². The maximum Gasteiger partial charge on any atom is 0.326 e. The van der Waals surface area contributed by atoms with Crippen LogP contribution < -0.4 is 10.1 Å². The lowest BCUT2D eigenvalue weighted by molar-refractivity contribution is -0.139. The minimum atomic E-state index is -1.05. The van der Waals surface area contributed by atoms with Gasteiger partial charge in [0.05, 0.1) is 7.11 Å². The molecule has 0 aliphatic heterocycles. The summed E-state index contributed by atoms with van der Waals surface area (Å²) in [6.45, 7) is 0.461. The van der Waals surface area contributed by atoms with E-state index >= 15 is 0 Å². The largest absolute Gasteiger partial charge is 0.497 e. The maximum atomic E-state index is 11.9. The molecule has 2 N–H and O–H groups in total. The first-order chi connectivity index (χ1) is 9.58. The van der Waals surface area contributed by atoms with Crippen LogP contribution in [0.2, 0.25) is 0 Å². The maximum absolute atomic E-state index is 11.9. The van der Waals surface area contributed by atoms with Crippen LogP contribution in [0.4, 0.5) is 0 Å². The molecule has 0 spiro atoms. The molecule has 0 aliphatic rings. The van der Waals surface area contributed by atoms with Gasteiger partial charge in [0.25, 0.3) is 5.91 Å². The number of amides is 1. The zero-order valence-corrected chi connectivity index (χ0v) is 11.6. The van der Waals surface area contributed by atoms with E-state index in [0.717, 1.165) is 0 Å². The Labute approximate surface area is 117 Å². The molecular weight excluding hydrogens is 262 g/mol. The normalized spacial score (nSPS) is 11.7. The summed E-state index contributed by atoms with van der Waals surface area (Å²) in [6.07, 6.45) is 0.890. The summed E-state index contributed by atoms with van der Waals surface area (Å²) in [7, 11) is 3.08. The predicted octanol–water partition coefficient (Wildman–Crippen LogP) is 1.30. The fraction of sp³-hybridized carbons (Fsp3) is 0.429. The van der Waals surface area contributed by atoms with Gasteiger partial charge in [0, 0.05) is 19.3 Å². The average molecular weight is 281 g/mol. The molecule has 0 fully saturated rings. The molecule has 0 saturated heterocycles. The lowest BCUT2D eigenvalue weighted by Gasteiger charge is -2.14. The molecule has 20 heavy (non-hydrogen) atoms. The minimum absolute atomic E-state index is 0.324. The first-order valence-corrected chi connectivity index (χ1v) is 6.25. The lowest BCUT2D eigenvalue weighted by atomic mass is 10.1. The van der Waals surface area contributed by atoms with Gasteiger partial charge in [-0.1, -0.05) is 0 Å². The second-order valence-electron chi connectivity index (χ2n) is 4.23. The molecule has 0 aliphatic carbocycles. The second kappa shape index (κ2) is 8.16. The zero-order chi connectivity index (χ0) is 15.0. The Kier molecular flexibility index (Phi) is 6.52. The molecule has 1 amide bonds. The van der Waals surface area contributed by atoms with Crippen LogP contribution in [0.3, 0.4) is 0 Å². The van der Waals surface area contributed by atoms with Crippen LogP contribution in [0.15, 0.2) is 24.3 Å². The molecule has 0 radical (unpaired) electrons. The highest BCUT2D eigenvalue weighted by Gasteiger charge is 2.20. The second-order valence-corrected chi connectivity index (χ2v) is 4.23. The predicted molar refractivity (Wildman–Crippen MR) is 73.0 cm³/mol. The van der Waals surface area contributed by atoms with Crippen molar-refractivity contribution < 1.29 is 24.2 Å². The van der Waals surface area contributed by atoms with Gasteiger partial charge in [-0.05, 0) is 37.1 Å². The van der Waals surface area contributed by atoms with E-state index in [9.17, 15) is 9.59 Å². The number of carboxylic acids is 1. The summed E-state index contributed by atoms with van der Waals surface area (Å²) in [5, 5.41) is 11.6. The van der Waals surface area contributed by atoms with Crippen LogP contribution in [-0.2, 0) is 9.53 Å². The third-order valence-electron chi connectivity index (χ3n) is 2.80. The number of rotatable bonds is 8. The number of ether oxygens (including phenoxy) is 2. The van der Waals surface area contributed by atoms with Crippen LogP contribution in [0, 0.1) is 0 Å². The third-order valence-corrected chi connectivity index (χ3v) is 2.80. The number of carboxylic acid groups (broad SMARTS) is 1. The Balaban J connectivity index is 2.62. The molecule has 1 unspecified atom stereocenters. The van der Waals surface area contributed by atoms with Crippen LogP contribution in [0.25, 0.3) is 0 Å². The first kappa shape index (κ1) is 16.0. The standard InChI is InChI=1S/C14H19NO5/c1-19-9-3-4-12(14(17)18)15-13(16)10-5-7-11(20-2)8-6-10/h5-8,12H,3-4,9H2,1-2H3,(H,15,16)(H,17,18). The molecule has 0 aromatic heterocycles. The summed E-state index contributed by atoms with van der Waals surface area (Å²) < 4.78 is 9.86. The topological polar surface area (TPSA) is 84.9 Å². The molecule has 1 rings (SSSR count). The number of aliphatic carboxylic acids is 1. The molecule has 0 heterocycles. The van der Waals surface area contributed by atoms with Gasteiger partial charge in [-0.3, -0.25) is 4.79 Å². The molecular formula is C14H19NO5. The van der Waals surface area contributed by atoms with E-state index in [1.807, 2.05) is 0 Å². The van der Waals surface area contributed by atoms with Gasteiger partial charge < -0.3 is 19.9 Å². The van der Waals surface area contributed by atoms with Crippen molar-refractivity contribution in [3.63, 3.8) is 0 Å². The number of carbonyl (C=O) groups is 2. The molecule has 6 heteroatoms. The number of benzene rings is 1. The van der Waals surface area contributed by atoms with Crippen LogP contribution in [0.5, 0.6) is 5.75 Å². The number of hydrogen-bond acceptors (Lipinski definition) is 4. The molecule has 1 aromatic carbocycles. The average Bonchev–Trinajstić information content (AvgIpc) is 2.46. The lowest BCUT2D eigenvalue weighted by Crippen LogP contribution is -2.40. The van der Waals surface area contributed by atoms with Crippen molar-refractivity contribution in [1.82, 2.24) is 5.32 Å². The van der Waals surface area contributed by atoms with Gasteiger partial charge in [-0.25, -0.2) is 4.79 Å². The number of methoxy groups -OCH3 is 2. The van der Waals surface area contributed by atoms with Crippen LogP contribution >= 0.6 is 0 Å². The van der Waals surface area contributed by atoms with Gasteiger partial charge in [0.15, 0.2) is 0 Å². The Bertz CT molecular complexity index is 443. The molecule has 1 aromatic rings.